The Balaban J connectivity index is 2.30. The summed E-state index contributed by atoms with van der Waals surface area (Å²) in [6.07, 6.45) is 9.48. The molecular weight excluding hydrogens is 168 g/mol. The van der Waals surface area contributed by atoms with Gasteiger partial charge in [0.2, 0.25) is 0 Å². The highest BCUT2D eigenvalue weighted by atomic mass is 14.5. The standard InChI is InChI=1S/C14H24/c1-11-6-7-12-13(2,3)8-5-9-14(12,4)10-11/h6,12H,5,7-10H2,1-4H3. The summed E-state index contributed by atoms with van der Waals surface area (Å²) < 4.78 is 0. The smallest absolute Gasteiger partial charge is 0.0252 e. The number of hydrogen-bond acceptors (Lipinski definition) is 0. The predicted octanol–water partition coefficient (Wildman–Crippen LogP) is 4.56. The molecule has 0 heteroatoms. The number of rotatable bonds is 0. The molecule has 0 heterocycles. The fourth-order valence-corrected chi connectivity index (χ4v) is 4.08. The van der Waals surface area contributed by atoms with Gasteiger partial charge in [0.1, 0.15) is 0 Å². The highest BCUT2D eigenvalue weighted by Gasteiger charge is 2.46. The van der Waals surface area contributed by atoms with Crippen molar-refractivity contribution in [3.8, 4) is 0 Å². The molecule has 0 bridgehead atoms. The van der Waals surface area contributed by atoms with E-state index in [1.807, 2.05) is 0 Å². The first-order valence-electron chi connectivity index (χ1n) is 6.10. The largest absolute Gasteiger partial charge is 0.0853 e. The van der Waals surface area contributed by atoms with Crippen LogP contribution in [-0.4, -0.2) is 0 Å². The molecule has 1 saturated carbocycles. The van der Waals surface area contributed by atoms with E-state index in [2.05, 4.69) is 33.8 Å². The first kappa shape index (κ1) is 10.3. The molecule has 0 aliphatic heterocycles. The lowest BCUT2D eigenvalue weighted by Crippen LogP contribution is -2.43. The molecule has 0 radical (unpaired) electrons. The molecule has 14 heavy (non-hydrogen) atoms. The third-order valence-corrected chi connectivity index (χ3v) is 4.74. The minimum absolute atomic E-state index is 0.574. The van der Waals surface area contributed by atoms with Crippen molar-refractivity contribution in [2.24, 2.45) is 16.7 Å². The van der Waals surface area contributed by atoms with Gasteiger partial charge in [-0.3, -0.25) is 0 Å². The summed E-state index contributed by atoms with van der Waals surface area (Å²) in [5.74, 6) is 0.924. The predicted molar refractivity (Wildman–Crippen MR) is 62.2 cm³/mol. The topological polar surface area (TPSA) is 0 Å². The summed E-state index contributed by atoms with van der Waals surface area (Å²) in [7, 11) is 0. The van der Waals surface area contributed by atoms with Gasteiger partial charge in [0.15, 0.2) is 0 Å². The van der Waals surface area contributed by atoms with Crippen LogP contribution in [0.4, 0.5) is 0 Å². The third-order valence-electron chi connectivity index (χ3n) is 4.74. The van der Waals surface area contributed by atoms with E-state index in [4.69, 9.17) is 0 Å². The summed E-state index contributed by atoms with van der Waals surface area (Å²) in [4.78, 5) is 0. The summed E-state index contributed by atoms with van der Waals surface area (Å²) in [5, 5.41) is 0. The van der Waals surface area contributed by atoms with E-state index in [1.165, 1.54) is 32.1 Å². The molecule has 1 fully saturated rings. The van der Waals surface area contributed by atoms with Crippen LogP contribution in [0.15, 0.2) is 11.6 Å². The molecule has 2 aliphatic carbocycles. The first-order chi connectivity index (χ1) is 6.44. The van der Waals surface area contributed by atoms with Gasteiger partial charge < -0.3 is 0 Å². The monoisotopic (exact) mass is 192 g/mol. The van der Waals surface area contributed by atoms with Crippen LogP contribution >= 0.6 is 0 Å². The second-order valence-electron chi connectivity index (χ2n) is 6.51. The third kappa shape index (κ3) is 1.53. The lowest BCUT2D eigenvalue weighted by molar-refractivity contribution is -0.00253. The maximum atomic E-state index is 2.52. The summed E-state index contributed by atoms with van der Waals surface area (Å²) in [6.45, 7) is 9.78. The molecule has 0 saturated heterocycles. The van der Waals surface area contributed by atoms with Crippen molar-refractivity contribution in [1.82, 2.24) is 0 Å². The van der Waals surface area contributed by atoms with Gasteiger partial charge in [0, 0.05) is 0 Å². The lowest BCUT2D eigenvalue weighted by Gasteiger charge is -2.53. The van der Waals surface area contributed by atoms with Gasteiger partial charge in [-0.15, -0.1) is 0 Å². The van der Waals surface area contributed by atoms with Crippen molar-refractivity contribution >= 4 is 0 Å². The molecule has 80 valence electrons. The van der Waals surface area contributed by atoms with Gasteiger partial charge >= 0.3 is 0 Å². The van der Waals surface area contributed by atoms with E-state index in [0.29, 0.717) is 10.8 Å². The second kappa shape index (κ2) is 3.12. The Morgan fingerprint density at radius 2 is 1.93 bits per heavy atom. The zero-order chi connectivity index (χ0) is 10.4. The fraction of sp³-hybridized carbons (Fsp3) is 0.857. The normalized spacial score (nSPS) is 41.4. The van der Waals surface area contributed by atoms with Gasteiger partial charge in [-0.2, -0.15) is 0 Å². The quantitative estimate of drug-likeness (QED) is 0.494. The zero-order valence-electron chi connectivity index (χ0n) is 10.2. The lowest BCUT2D eigenvalue weighted by atomic mass is 9.52. The van der Waals surface area contributed by atoms with Crippen molar-refractivity contribution in [2.45, 2.75) is 59.8 Å². The molecule has 2 aliphatic rings. The zero-order valence-corrected chi connectivity index (χ0v) is 10.2. The van der Waals surface area contributed by atoms with E-state index >= 15 is 0 Å². The van der Waals surface area contributed by atoms with Gasteiger partial charge in [0.25, 0.3) is 0 Å². The van der Waals surface area contributed by atoms with E-state index in [0.717, 1.165) is 5.92 Å². The van der Waals surface area contributed by atoms with Gasteiger partial charge in [-0.05, 0) is 49.4 Å². The Morgan fingerprint density at radius 1 is 1.21 bits per heavy atom. The number of fused-ring (bicyclic) bond motifs is 1. The molecule has 0 spiro atoms. The summed E-state index contributed by atoms with van der Waals surface area (Å²) in [6, 6.07) is 0. The van der Waals surface area contributed by atoms with Gasteiger partial charge in [0.05, 0.1) is 0 Å². The summed E-state index contributed by atoms with van der Waals surface area (Å²) >= 11 is 0. The Hall–Kier alpha value is -0.260. The number of allylic oxidation sites excluding steroid dienone is 2. The van der Waals surface area contributed by atoms with Crippen molar-refractivity contribution in [3.63, 3.8) is 0 Å². The fourth-order valence-electron chi connectivity index (χ4n) is 4.08. The number of hydrogen-bond donors (Lipinski definition) is 0. The Kier molecular flexibility index (Phi) is 2.28. The Morgan fingerprint density at radius 3 is 2.64 bits per heavy atom. The molecule has 0 aromatic rings. The first-order valence-corrected chi connectivity index (χ1v) is 6.10. The van der Waals surface area contributed by atoms with E-state index in [9.17, 15) is 0 Å². The molecule has 2 atom stereocenters. The van der Waals surface area contributed by atoms with Gasteiger partial charge in [-0.25, -0.2) is 0 Å². The maximum Gasteiger partial charge on any atom is -0.0252 e. The molecule has 2 unspecified atom stereocenters. The van der Waals surface area contributed by atoms with Crippen molar-refractivity contribution < 1.29 is 0 Å². The molecule has 0 aromatic heterocycles. The van der Waals surface area contributed by atoms with Crippen LogP contribution in [-0.2, 0) is 0 Å². The average Bonchev–Trinajstić information content (AvgIpc) is 2.00. The maximum absolute atomic E-state index is 2.52. The van der Waals surface area contributed by atoms with E-state index in [-0.39, 0.29) is 0 Å². The van der Waals surface area contributed by atoms with Gasteiger partial charge in [-0.1, -0.05) is 38.8 Å². The van der Waals surface area contributed by atoms with Crippen LogP contribution < -0.4 is 0 Å². The van der Waals surface area contributed by atoms with E-state index < -0.39 is 0 Å². The summed E-state index contributed by atoms with van der Waals surface area (Å²) in [5.41, 5.74) is 2.81. The van der Waals surface area contributed by atoms with Crippen LogP contribution in [0.1, 0.15) is 59.8 Å². The Labute approximate surface area is 88.8 Å². The molecule has 0 nitrogen and oxygen atoms in total. The molecule has 2 rings (SSSR count). The highest BCUT2D eigenvalue weighted by molar-refractivity contribution is 5.13. The SMILES string of the molecule is CC1=CCC2C(C)(C)CCCC2(C)C1. The van der Waals surface area contributed by atoms with Crippen LogP contribution in [0, 0.1) is 16.7 Å². The molecule has 0 aromatic carbocycles. The Bertz CT molecular complexity index is 259. The highest BCUT2D eigenvalue weighted by Crippen LogP contribution is 2.57. The second-order valence-corrected chi connectivity index (χ2v) is 6.51. The molecular formula is C14H24. The minimum atomic E-state index is 0.574. The van der Waals surface area contributed by atoms with Crippen LogP contribution in [0.25, 0.3) is 0 Å². The van der Waals surface area contributed by atoms with Crippen LogP contribution in [0.2, 0.25) is 0 Å². The minimum Gasteiger partial charge on any atom is -0.0853 e. The average molecular weight is 192 g/mol. The molecule has 0 N–H and O–H groups in total. The van der Waals surface area contributed by atoms with Crippen LogP contribution in [0.5, 0.6) is 0 Å². The van der Waals surface area contributed by atoms with Crippen LogP contribution in [0.3, 0.4) is 0 Å². The van der Waals surface area contributed by atoms with Crippen molar-refractivity contribution in [2.75, 3.05) is 0 Å². The van der Waals surface area contributed by atoms with Crippen molar-refractivity contribution in [1.29, 1.82) is 0 Å². The molecule has 0 amide bonds. The van der Waals surface area contributed by atoms with E-state index in [1.54, 1.807) is 5.57 Å². The van der Waals surface area contributed by atoms with Crippen molar-refractivity contribution in [3.05, 3.63) is 11.6 Å².